The molecule has 0 radical (unpaired) electrons. The third kappa shape index (κ3) is 7.05. The second-order valence-corrected chi connectivity index (χ2v) is 12.7. The Morgan fingerprint density at radius 1 is 1.23 bits per heavy atom. The maximum Gasteiger partial charge on any atom is 0.416 e. The average molecular weight is 615 g/mol. The van der Waals surface area contributed by atoms with Gasteiger partial charge in [0.15, 0.2) is 11.4 Å². The number of aliphatic carboxylic acids is 1. The quantitative estimate of drug-likeness (QED) is 0.276. The standard InChI is InChI=1S/C30H36F2N6O6/c1-29(2,3)44-28(42)37(14-17-5-6-17)22-13-18(9-12-33-22)26-35-21(16-43-26)25(39)34-20-15-38(36-23(20)24(31)32)19-7-10-30(4,11-8-19)27(40)41/h9,12-13,15-17,19,24H,5-8,10-11,14H2,1-4H3,(H,34,39)(H,40,41). The number of ether oxygens (including phenoxy) is 1. The predicted molar refractivity (Wildman–Crippen MR) is 154 cm³/mol. The van der Waals surface area contributed by atoms with E-state index in [2.05, 4.69) is 20.4 Å². The monoisotopic (exact) mass is 614 g/mol. The first-order valence-corrected chi connectivity index (χ1v) is 14.6. The number of hydrogen-bond acceptors (Lipinski definition) is 8. The molecular formula is C30H36F2N6O6. The lowest BCUT2D eigenvalue weighted by molar-refractivity contribution is -0.150. The van der Waals surface area contributed by atoms with Gasteiger partial charge in [-0.2, -0.15) is 5.10 Å². The van der Waals surface area contributed by atoms with Crippen LogP contribution in [0.3, 0.4) is 0 Å². The molecule has 2 aliphatic rings. The number of alkyl halides is 2. The van der Waals surface area contributed by atoms with E-state index in [1.54, 1.807) is 39.8 Å². The molecule has 236 valence electrons. The summed E-state index contributed by atoms with van der Waals surface area (Å²) in [5.41, 5.74) is -2.02. The van der Waals surface area contributed by atoms with E-state index < -0.39 is 41.1 Å². The highest BCUT2D eigenvalue weighted by Gasteiger charge is 2.39. The first-order valence-electron chi connectivity index (χ1n) is 14.6. The summed E-state index contributed by atoms with van der Waals surface area (Å²) in [5.74, 6) is -0.889. The highest BCUT2D eigenvalue weighted by Crippen LogP contribution is 2.41. The largest absolute Gasteiger partial charge is 0.481 e. The molecule has 3 heterocycles. The van der Waals surface area contributed by atoms with E-state index >= 15 is 0 Å². The molecule has 44 heavy (non-hydrogen) atoms. The fraction of sp³-hybridized carbons (Fsp3) is 0.533. The normalized spacial score (nSPS) is 20.4. The van der Waals surface area contributed by atoms with Gasteiger partial charge in [0.2, 0.25) is 5.89 Å². The van der Waals surface area contributed by atoms with E-state index in [0.29, 0.717) is 49.5 Å². The first-order chi connectivity index (χ1) is 20.7. The average Bonchev–Trinajstić information content (AvgIpc) is 3.45. The minimum Gasteiger partial charge on any atom is -0.481 e. The Hall–Kier alpha value is -4.36. The van der Waals surface area contributed by atoms with E-state index in [1.807, 2.05) is 0 Å². The number of carbonyl (C=O) groups excluding carboxylic acids is 2. The summed E-state index contributed by atoms with van der Waals surface area (Å²) in [6, 6.07) is 2.95. The van der Waals surface area contributed by atoms with Crippen LogP contribution >= 0.6 is 0 Å². The van der Waals surface area contributed by atoms with Crippen molar-refractivity contribution in [2.45, 2.75) is 84.3 Å². The smallest absolute Gasteiger partial charge is 0.416 e. The third-order valence-corrected chi connectivity index (χ3v) is 7.92. The summed E-state index contributed by atoms with van der Waals surface area (Å²) in [4.78, 5) is 47.6. The minimum absolute atomic E-state index is 0.0721. The van der Waals surface area contributed by atoms with Crippen molar-refractivity contribution >= 4 is 29.5 Å². The summed E-state index contributed by atoms with van der Waals surface area (Å²) in [7, 11) is 0. The second kappa shape index (κ2) is 12.0. The van der Waals surface area contributed by atoms with Crippen LogP contribution in [0.25, 0.3) is 11.5 Å². The summed E-state index contributed by atoms with van der Waals surface area (Å²) < 4.78 is 40.2. The van der Waals surface area contributed by atoms with Crippen LogP contribution in [0, 0.1) is 11.3 Å². The molecule has 5 rings (SSSR count). The Morgan fingerprint density at radius 3 is 2.55 bits per heavy atom. The molecule has 0 spiro atoms. The van der Waals surface area contributed by atoms with Gasteiger partial charge in [-0.3, -0.25) is 19.2 Å². The predicted octanol–water partition coefficient (Wildman–Crippen LogP) is 6.48. The highest BCUT2D eigenvalue weighted by molar-refractivity contribution is 6.03. The number of nitrogens with zero attached hydrogens (tertiary/aromatic N) is 5. The molecule has 0 aliphatic heterocycles. The number of carboxylic acids is 1. The minimum atomic E-state index is -2.95. The molecule has 0 atom stereocenters. The molecule has 0 aromatic carbocycles. The molecule has 0 saturated heterocycles. The molecule has 3 aromatic rings. The van der Waals surface area contributed by atoms with Gasteiger partial charge in [-0.15, -0.1) is 0 Å². The molecule has 2 amide bonds. The zero-order valence-corrected chi connectivity index (χ0v) is 25.0. The van der Waals surface area contributed by atoms with E-state index in [1.165, 1.54) is 22.0 Å². The fourth-order valence-corrected chi connectivity index (χ4v) is 5.10. The van der Waals surface area contributed by atoms with Gasteiger partial charge in [-0.05, 0) is 84.3 Å². The Balaban J connectivity index is 1.31. The van der Waals surface area contributed by atoms with Gasteiger partial charge in [0, 0.05) is 24.5 Å². The van der Waals surface area contributed by atoms with Crippen LogP contribution in [-0.2, 0) is 9.53 Å². The van der Waals surface area contributed by atoms with Crippen molar-refractivity contribution in [3.63, 3.8) is 0 Å². The molecule has 2 aliphatic carbocycles. The molecule has 2 fully saturated rings. The van der Waals surface area contributed by atoms with Crippen molar-refractivity contribution in [1.82, 2.24) is 19.7 Å². The van der Waals surface area contributed by atoms with Crippen molar-refractivity contribution in [3.8, 4) is 11.5 Å². The Kier molecular flexibility index (Phi) is 8.45. The lowest BCUT2D eigenvalue weighted by Crippen LogP contribution is -2.38. The highest BCUT2D eigenvalue weighted by atomic mass is 19.3. The lowest BCUT2D eigenvalue weighted by atomic mass is 9.74. The van der Waals surface area contributed by atoms with Crippen LogP contribution in [0.2, 0.25) is 0 Å². The number of oxazole rings is 1. The van der Waals surface area contributed by atoms with Crippen LogP contribution in [0.15, 0.2) is 35.2 Å². The van der Waals surface area contributed by atoms with Gasteiger partial charge < -0.3 is 19.6 Å². The van der Waals surface area contributed by atoms with E-state index in [4.69, 9.17) is 9.15 Å². The molecule has 0 unspecified atom stereocenters. The maximum absolute atomic E-state index is 13.9. The number of halogens is 2. The van der Waals surface area contributed by atoms with E-state index in [9.17, 15) is 28.3 Å². The SMILES string of the molecule is CC(C)(C)OC(=O)N(CC1CC1)c1cc(-c2nc(C(=O)Nc3cn(C4CCC(C)(C(=O)O)CC4)nc3C(F)F)co2)ccn1. The zero-order chi connectivity index (χ0) is 31.8. The number of pyridine rings is 1. The molecule has 2 saturated carbocycles. The van der Waals surface area contributed by atoms with E-state index in [0.717, 1.165) is 19.1 Å². The van der Waals surface area contributed by atoms with Crippen LogP contribution in [0.5, 0.6) is 0 Å². The molecule has 12 nitrogen and oxygen atoms in total. The first kappa shape index (κ1) is 31.1. The van der Waals surface area contributed by atoms with Crippen LogP contribution < -0.4 is 10.2 Å². The van der Waals surface area contributed by atoms with Crippen LogP contribution in [0.4, 0.5) is 25.1 Å². The van der Waals surface area contributed by atoms with E-state index in [-0.39, 0.29) is 23.3 Å². The molecular weight excluding hydrogens is 578 g/mol. The number of carboxylic acid groups (broad SMARTS) is 1. The van der Waals surface area contributed by atoms with Crippen LogP contribution in [0.1, 0.15) is 94.9 Å². The molecule has 3 aromatic heterocycles. The van der Waals surface area contributed by atoms with Crippen molar-refractivity contribution in [3.05, 3.63) is 42.2 Å². The van der Waals surface area contributed by atoms with Crippen molar-refractivity contribution in [2.75, 3.05) is 16.8 Å². The maximum atomic E-state index is 13.9. The van der Waals surface area contributed by atoms with Crippen molar-refractivity contribution in [2.24, 2.45) is 11.3 Å². The number of aromatic nitrogens is 4. The van der Waals surface area contributed by atoms with Gasteiger partial charge in [0.1, 0.15) is 17.7 Å². The summed E-state index contributed by atoms with van der Waals surface area (Å²) in [6.07, 6.45) is 4.15. The summed E-state index contributed by atoms with van der Waals surface area (Å²) in [5, 5.41) is 16.0. The van der Waals surface area contributed by atoms with Crippen molar-refractivity contribution in [1.29, 1.82) is 0 Å². The topological polar surface area (TPSA) is 153 Å². The number of amides is 2. The summed E-state index contributed by atoms with van der Waals surface area (Å²) in [6.45, 7) is 7.47. The number of anilines is 2. The lowest BCUT2D eigenvalue weighted by Gasteiger charge is -2.33. The molecule has 14 heteroatoms. The number of carbonyl (C=O) groups is 3. The van der Waals surface area contributed by atoms with Gasteiger partial charge in [-0.25, -0.2) is 23.5 Å². The molecule has 0 bridgehead atoms. The summed E-state index contributed by atoms with van der Waals surface area (Å²) >= 11 is 0. The zero-order valence-electron chi connectivity index (χ0n) is 25.0. The second-order valence-electron chi connectivity index (χ2n) is 12.7. The third-order valence-electron chi connectivity index (χ3n) is 7.92. The number of nitrogens with one attached hydrogen (secondary N) is 1. The van der Waals surface area contributed by atoms with Gasteiger partial charge in [0.05, 0.1) is 17.1 Å². The van der Waals surface area contributed by atoms with Gasteiger partial charge in [0.25, 0.3) is 12.3 Å². The number of rotatable bonds is 9. The number of hydrogen-bond donors (Lipinski definition) is 2. The fourth-order valence-electron chi connectivity index (χ4n) is 5.10. The Morgan fingerprint density at radius 2 is 1.93 bits per heavy atom. The van der Waals surface area contributed by atoms with Gasteiger partial charge >= 0.3 is 12.1 Å². The van der Waals surface area contributed by atoms with Crippen LogP contribution in [-0.4, -0.2) is 55.0 Å². The Bertz CT molecular complexity index is 1530. The van der Waals surface area contributed by atoms with Gasteiger partial charge in [-0.1, -0.05) is 0 Å². The molecule has 2 N–H and O–H groups in total. The van der Waals surface area contributed by atoms with Crippen molar-refractivity contribution < 1.29 is 37.4 Å². The Labute approximate surface area is 252 Å².